The van der Waals surface area contributed by atoms with Gasteiger partial charge in [-0.3, -0.25) is 4.72 Å². The lowest BCUT2D eigenvalue weighted by atomic mass is 10.2. The maximum absolute atomic E-state index is 12.1. The molecule has 2 rings (SSSR count). The highest BCUT2D eigenvalue weighted by molar-refractivity contribution is 9.10. The third-order valence-electron chi connectivity index (χ3n) is 2.47. The third kappa shape index (κ3) is 3.17. The molecular weight excluding hydrogens is 332 g/mol. The van der Waals surface area contributed by atoms with Crippen LogP contribution in [0.2, 0.25) is 0 Å². The van der Waals surface area contributed by atoms with Crippen molar-refractivity contribution in [3.63, 3.8) is 0 Å². The minimum atomic E-state index is -3.74. The molecule has 2 aromatic rings. The first kappa shape index (κ1) is 14.1. The molecule has 1 heterocycles. The van der Waals surface area contributed by atoms with Gasteiger partial charge in [-0.05, 0) is 52.7 Å². The van der Waals surface area contributed by atoms with E-state index in [1.54, 1.807) is 12.1 Å². The fourth-order valence-electron chi connectivity index (χ4n) is 1.51. The summed E-state index contributed by atoms with van der Waals surface area (Å²) < 4.78 is 32.5. The first-order valence-corrected chi connectivity index (χ1v) is 7.78. The summed E-state index contributed by atoms with van der Waals surface area (Å²) >= 11 is 3.31. The summed E-state index contributed by atoms with van der Waals surface area (Å²) in [4.78, 5) is 0. The Kier molecular flexibility index (Phi) is 3.98. The summed E-state index contributed by atoms with van der Waals surface area (Å²) in [7, 11) is -3.74. The maximum Gasteiger partial charge on any atom is 0.295 e. The van der Waals surface area contributed by atoms with E-state index in [0.717, 1.165) is 5.56 Å². The summed E-state index contributed by atoms with van der Waals surface area (Å²) in [5, 5.41) is -0.152. The van der Waals surface area contributed by atoms with Crippen LogP contribution in [0.1, 0.15) is 11.3 Å². The molecule has 5 nitrogen and oxygen atoms in total. The molecule has 0 amide bonds. The zero-order valence-electron chi connectivity index (χ0n) is 10.2. The Morgan fingerprint density at radius 2 is 2.05 bits per heavy atom. The highest BCUT2D eigenvalue weighted by Crippen LogP contribution is 2.26. The Morgan fingerprint density at radius 1 is 1.32 bits per heavy atom. The lowest BCUT2D eigenvalue weighted by Crippen LogP contribution is -2.12. The van der Waals surface area contributed by atoms with Gasteiger partial charge in [0, 0.05) is 4.47 Å². The first-order chi connectivity index (χ1) is 8.92. The molecule has 0 fully saturated rings. The average Bonchev–Trinajstić information content (AvgIpc) is 2.82. The minimum Gasteiger partial charge on any atom is -0.446 e. The highest BCUT2D eigenvalue weighted by Gasteiger charge is 2.19. The second kappa shape index (κ2) is 5.36. The normalized spacial score (nSPS) is 11.5. The highest BCUT2D eigenvalue weighted by atomic mass is 79.9. The topological polar surface area (TPSA) is 85.3 Å². The fraction of sp³-hybridized carbons (Fsp3) is 0.167. The third-order valence-corrected chi connectivity index (χ3v) is 4.37. The second-order valence-corrected chi connectivity index (χ2v) is 6.48. The largest absolute Gasteiger partial charge is 0.446 e. The summed E-state index contributed by atoms with van der Waals surface area (Å²) in [5.74, 6) is 0.420. The molecule has 0 atom stereocenters. The average molecular weight is 345 g/mol. The zero-order valence-corrected chi connectivity index (χ0v) is 12.6. The number of hydrogen-bond donors (Lipinski definition) is 2. The number of halogens is 1. The Balaban J connectivity index is 2.30. The number of anilines is 1. The van der Waals surface area contributed by atoms with Gasteiger partial charge in [-0.2, -0.15) is 8.42 Å². The molecule has 0 saturated heterocycles. The van der Waals surface area contributed by atoms with Crippen LogP contribution < -0.4 is 10.5 Å². The number of nitrogens with one attached hydrogen (secondary N) is 1. The van der Waals surface area contributed by atoms with Crippen LogP contribution in [0.5, 0.6) is 0 Å². The first-order valence-electron chi connectivity index (χ1n) is 5.50. The van der Waals surface area contributed by atoms with Crippen molar-refractivity contribution < 1.29 is 12.8 Å². The van der Waals surface area contributed by atoms with E-state index >= 15 is 0 Å². The van der Waals surface area contributed by atoms with Crippen LogP contribution in [-0.4, -0.2) is 8.42 Å². The maximum atomic E-state index is 12.1. The van der Waals surface area contributed by atoms with E-state index < -0.39 is 10.0 Å². The van der Waals surface area contributed by atoms with E-state index in [1.807, 2.05) is 19.1 Å². The second-order valence-electron chi connectivity index (χ2n) is 4.01. The summed E-state index contributed by atoms with van der Waals surface area (Å²) in [5.41, 5.74) is 6.86. The molecule has 0 unspecified atom stereocenters. The molecule has 1 aromatic carbocycles. The van der Waals surface area contributed by atoms with Gasteiger partial charge in [0.15, 0.2) is 0 Å². The molecule has 102 valence electrons. The Hall–Kier alpha value is -1.31. The molecule has 7 heteroatoms. The number of hydrogen-bond acceptors (Lipinski definition) is 4. The number of sulfonamides is 1. The molecule has 0 bridgehead atoms. The van der Waals surface area contributed by atoms with Gasteiger partial charge in [0.1, 0.15) is 5.76 Å². The number of rotatable bonds is 4. The fourth-order valence-corrected chi connectivity index (χ4v) is 3.27. The van der Waals surface area contributed by atoms with Crippen molar-refractivity contribution in [2.75, 3.05) is 4.72 Å². The molecule has 0 aliphatic carbocycles. The van der Waals surface area contributed by atoms with Crippen LogP contribution in [0.15, 0.2) is 44.3 Å². The Bertz CT molecular complexity index is 695. The molecule has 0 aliphatic rings. The van der Waals surface area contributed by atoms with Crippen LogP contribution in [0, 0.1) is 6.92 Å². The van der Waals surface area contributed by atoms with Crippen molar-refractivity contribution in [1.82, 2.24) is 0 Å². The molecule has 1 aromatic heterocycles. The van der Waals surface area contributed by atoms with Gasteiger partial charge in [-0.15, -0.1) is 0 Å². The molecular formula is C12H13BrN2O3S. The van der Waals surface area contributed by atoms with Crippen LogP contribution >= 0.6 is 15.9 Å². The van der Waals surface area contributed by atoms with Gasteiger partial charge >= 0.3 is 0 Å². The van der Waals surface area contributed by atoms with Crippen LogP contribution in [0.3, 0.4) is 0 Å². The number of furan rings is 1. The predicted molar refractivity (Wildman–Crippen MR) is 76.3 cm³/mol. The van der Waals surface area contributed by atoms with E-state index in [1.165, 1.54) is 6.07 Å². The Labute approximate surface area is 120 Å². The van der Waals surface area contributed by atoms with E-state index in [2.05, 4.69) is 20.7 Å². The SMILES string of the molecule is Cc1ccc(NS(=O)(=O)c2ccc(CN)o2)c(Br)c1. The summed E-state index contributed by atoms with van der Waals surface area (Å²) in [6.07, 6.45) is 0. The van der Waals surface area contributed by atoms with E-state index in [-0.39, 0.29) is 11.6 Å². The van der Waals surface area contributed by atoms with E-state index in [9.17, 15) is 8.42 Å². The number of aryl methyl sites for hydroxylation is 1. The molecule has 0 spiro atoms. The van der Waals surface area contributed by atoms with E-state index in [4.69, 9.17) is 10.2 Å². The smallest absolute Gasteiger partial charge is 0.295 e. The van der Waals surface area contributed by atoms with Crippen molar-refractivity contribution in [3.8, 4) is 0 Å². The van der Waals surface area contributed by atoms with Gasteiger partial charge in [0.25, 0.3) is 10.0 Å². The summed E-state index contributed by atoms with van der Waals surface area (Å²) in [6.45, 7) is 2.08. The number of nitrogens with two attached hydrogens (primary N) is 1. The zero-order chi connectivity index (χ0) is 14.0. The van der Waals surface area contributed by atoms with Gasteiger partial charge in [-0.1, -0.05) is 6.07 Å². The quantitative estimate of drug-likeness (QED) is 0.892. The van der Waals surface area contributed by atoms with E-state index in [0.29, 0.717) is 15.9 Å². The van der Waals surface area contributed by atoms with Gasteiger partial charge in [0.05, 0.1) is 12.2 Å². The van der Waals surface area contributed by atoms with Gasteiger partial charge in [0.2, 0.25) is 5.09 Å². The van der Waals surface area contributed by atoms with Crippen molar-refractivity contribution in [2.45, 2.75) is 18.6 Å². The molecule has 19 heavy (non-hydrogen) atoms. The van der Waals surface area contributed by atoms with Crippen molar-refractivity contribution in [1.29, 1.82) is 0 Å². The predicted octanol–water partition coefficient (Wildman–Crippen LogP) is 2.61. The van der Waals surface area contributed by atoms with Crippen LogP contribution in [0.25, 0.3) is 0 Å². The lowest BCUT2D eigenvalue weighted by Gasteiger charge is -2.08. The van der Waals surface area contributed by atoms with Crippen LogP contribution in [-0.2, 0) is 16.6 Å². The minimum absolute atomic E-state index is 0.152. The molecule has 0 saturated carbocycles. The van der Waals surface area contributed by atoms with Crippen molar-refractivity contribution in [3.05, 3.63) is 46.1 Å². The molecule has 0 aliphatic heterocycles. The van der Waals surface area contributed by atoms with Crippen LogP contribution in [0.4, 0.5) is 5.69 Å². The summed E-state index contributed by atoms with van der Waals surface area (Å²) in [6, 6.07) is 8.25. The standard InChI is InChI=1S/C12H13BrN2O3S/c1-8-2-4-11(10(13)6-8)15-19(16,17)12-5-3-9(7-14)18-12/h2-6,15H,7,14H2,1H3. The van der Waals surface area contributed by atoms with Gasteiger partial charge in [-0.25, -0.2) is 0 Å². The van der Waals surface area contributed by atoms with Crippen molar-refractivity contribution in [2.24, 2.45) is 5.73 Å². The lowest BCUT2D eigenvalue weighted by molar-refractivity contribution is 0.417. The Morgan fingerprint density at radius 3 is 2.63 bits per heavy atom. The number of benzene rings is 1. The van der Waals surface area contributed by atoms with Gasteiger partial charge < -0.3 is 10.2 Å². The molecule has 3 N–H and O–H groups in total. The monoisotopic (exact) mass is 344 g/mol. The molecule has 0 radical (unpaired) electrons. The van der Waals surface area contributed by atoms with Crippen molar-refractivity contribution >= 4 is 31.6 Å².